The molecule has 2 rings (SSSR count). The summed E-state index contributed by atoms with van der Waals surface area (Å²) in [6.45, 7) is 0. The number of carbonyl (C=O) groups is 2. The van der Waals surface area contributed by atoms with Crippen LogP contribution in [0.1, 0.15) is 0 Å². The summed E-state index contributed by atoms with van der Waals surface area (Å²) in [5.41, 5.74) is 1.24. The number of benzene rings is 2. The van der Waals surface area contributed by atoms with Crippen molar-refractivity contribution in [1.29, 1.82) is 0 Å². The standard InChI is InChI=1S/C15H13BrN2O2/c1-18(13-8-3-2-4-9-13)15(20)14(19)17-12-7-5-6-11(16)10-12/h2-10H,1H3,(H,17,19). The summed E-state index contributed by atoms with van der Waals surface area (Å²) in [5.74, 6) is -1.29. The minimum absolute atomic E-state index is 0.569. The van der Waals surface area contributed by atoms with E-state index in [9.17, 15) is 9.59 Å². The Balaban J connectivity index is 2.08. The molecule has 0 aliphatic heterocycles. The van der Waals surface area contributed by atoms with Gasteiger partial charge < -0.3 is 10.2 Å². The molecule has 0 saturated heterocycles. The van der Waals surface area contributed by atoms with Crippen molar-refractivity contribution in [1.82, 2.24) is 0 Å². The van der Waals surface area contributed by atoms with Gasteiger partial charge in [0.15, 0.2) is 0 Å². The van der Waals surface area contributed by atoms with Crippen molar-refractivity contribution in [3.63, 3.8) is 0 Å². The highest BCUT2D eigenvalue weighted by Crippen LogP contribution is 2.16. The Labute approximate surface area is 125 Å². The van der Waals surface area contributed by atoms with E-state index in [4.69, 9.17) is 0 Å². The van der Waals surface area contributed by atoms with E-state index in [1.807, 2.05) is 24.3 Å². The Hall–Kier alpha value is -2.14. The van der Waals surface area contributed by atoms with Gasteiger partial charge in [0.25, 0.3) is 0 Å². The van der Waals surface area contributed by atoms with E-state index < -0.39 is 11.8 Å². The van der Waals surface area contributed by atoms with E-state index in [1.54, 1.807) is 37.4 Å². The van der Waals surface area contributed by atoms with E-state index in [0.29, 0.717) is 11.4 Å². The lowest BCUT2D eigenvalue weighted by Gasteiger charge is -2.16. The lowest BCUT2D eigenvalue weighted by atomic mass is 10.3. The Morgan fingerprint density at radius 3 is 2.40 bits per heavy atom. The van der Waals surface area contributed by atoms with Crippen LogP contribution < -0.4 is 10.2 Å². The summed E-state index contributed by atoms with van der Waals surface area (Å²) in [4.78, 5) is 25.3. The van der Waals surface area contributed by atoms with Crippen LogP contribution in [0.5, 0.6) is 0 Å². The van der Waals surface area contributed by atoms with Crippen molar-refractivity contribution in [3.05, 3.63) is 59.1 Å². The van der Waals surface area contributed by atoms with Gasteiger partial charge in [0.2, 0.25) is 0 Å². The lowest BCUT2D eigenvalue weighted by molar-refractivity contribution is -0.134. The monoisotopic (exact) mass is 332 g/mol. The summed E-state index contributed by atoms with van der Waals surface area (Å²) >= 11 is 3.31. The fraction of sp³-hybridized carbons (Fsp3) is 0.0667. The lowest BCUT2D eigenvalue weighted by Crippen LogP contribution is -2.37. The first kappa shape index (κ1) is 14.3. The second-order valence-electron chi connectivity index (χ2n) is 4.16. The largest absolute Gasteiger partial charge is 0.318 e. The molecular weight excluding hydrogens is 320 g/mol. The van der Waals surface area contributed by atoms with Crippen LogP contribution in [0, 0.1) is 0 Å². The zero-order valence-electron chi connectivity index (χ0n) is 10.8. The highest BCUT2D eigenvalue weighted by Gasteiger charge is 2.19. The summed E-state index contributed by atoms with van der Waals surface area (Å²) in [5, 5.41) is 2.57. The number of para-hydroxylation sites is 1. The first-order valence-electron chi connectivity index (χ1n) is 5.97. The van der Waals surface area contributed by atoms with Crippen LogP contribution in [0.4, 0.5) is 11.4 Å². The number of hydrogen-bond acceptors (Lipinski definition) is 2. The molecule has 0 aromatic heterocycles. The van der Waals surface area contributed by atoms with Crippen molar-refractivity contribution >= 4 is 39.1 Å². The fourth-order valence-corrected chi connectivity index (χ4v) is 2.07. The molecule has 0 atom stereocenters. The molecule has 102 valence electrons. The smallest absolute Gasteiger partial charge is 0.316 e. The van der Waals surface area contributed by atoms with Crippen LogP contribution in [0.3, 0.4) is 0 Å². The Kier molecular flexibility index (Phi) is 4.53. The normalized spacial score (nSPS) is 9.90. The van der Waals surface area contributed by atoms with E-state index in [2.05, 4.69) is 21.2 Å². The zero-order chi connectivity index (χ0) is 14.5. The van der Waals surface area contributed by atoms with Gasteiger partial charge in [-0.05, 0) is 30.3 Å². The van der Waals surface area contributed by atoms with Crippen LogP contribution in [-0.2, 0) is 9.59 Å². The number of hydrogen-bond donors (Lipinski definition) is 1. The van der Waals surface area contributed by atoms with Crippen molar-refractivity contribution < 1.29 is 9.59 Å². The molecule has 0 heterocycles. The average molecular weight is 333 g/mol. The minimum Gasteiger partial charge on any atom is -0.318 e. The first-order valence-corrected chi connectivity index (χ1v) is 6.77. The van der Waals surface area contributed by atoms with Crippen molar-refractivity contribution in [2.75, 3.05) is 17.3 Å². The molecule has 0 aliphatic rings. The maximum absolute atomic E-state index is 12.0. The summed E-state index contributed by atoms with van der Waals surface area (Å²) in [7, 11) is 1.57. The van der Waals surface area contributed by atoms with Gasteiger partial charge in [-0.3, -0.25) is 9.59 Å². The number of rotatable bonds is 2. The van der Waals surface area contributed by atoms with Crippen LogP contribution in [0.2, 0.25) is 0 Å². The summed E-state index contributed by atoms with van der Waals surface area (Å²) in [6.07, 6.45) is 0. The van der Waals surface area contributed by atoms with Crippen LogP contribution in [0.25, 0.3) is 0 Å². The van der Waals surface area contributed by atoms with E-state index >= 15 is 0 Å². The molecule has 1 N–H and O–H groups in total. The molecule has 4 nitrogen and oxygen atoms in total. The van der Waals surface area contributed by atoms with E-state index in [1.165, 1.54) is 4.90 Å². The highest BCUT2D eigenvalue weighted by molar-refractivity contribution is 9.10. The summed E-state index contributed by atoms with van der Waals surface area (Å²) < 4.78 is 0.833. The number of likely N-dealkylation sites (N-methyl/N-ethyl adjacent to an activating group) is 1. The number of nitrogens with one attached hydrogen (secondary N) is 1. The molecule has 0 radical (unpaired) electrons. The predicted octanol–water partition coefficient (Wildman–Crippen LogP) is 3.05. The third kappa shape index (κ3) is 3.45. The Bertz CT molecular complexity index is 629. The predicted molar refractivity (Wildman–Crippen MR) is 82.6 cm³/mol. The maximum atomic E-state index is 12.0. The van der Waals surface area contributed by atoms with Gasteiger partial charge in [0, 0.05) is 22.9 Å². The quantitative estimate of drug-likeness (QED) is 0.859. The Morgan fingerprint density at radius 2 is 1.75 bits per heavy atom. The van der Waals surface area contributed by atoms with E-state index in [-0.39, 0.29) is 0 Å². The van der Waals surface area contributed by atoms with Gasteiger partial charge in [0.1, 0.15) is 0 Å². The number of carbonyl (C=O) groups excluding carboxylic acids is 2. The van der Waals surface area contributed by atoms with Gasteiger partial charge in [-0.2, -0.15) is 0 Å². The van der Waals surface area contributed by atoms with Crippen LogP contribution in [0.15, 0.2) is 59.1 Å². The second kappa shape index (κ2) is 6.34. The molecule has 0 spiro atoms. The van der Waals surface area contributed by atoms with Gasteiger partial charge in [0.05, 0.1) is 0 Å². The third-order valence-electron chi connectivity index (χ3n) is 2.72. The highest BCUT2D eigenvalue weighted by atomic mass is 79.9. The number of anilines is 2. The number of nitrogens with zero attached hydrogens (tertiary/aromatic N) is 1. The topological polar surface area (TPSA) is 49.4 Å². The van der Waals surface area contributed by atoms with E-state index in [0.717, 1.165) is 4.47 Å². The van der Waals surface area contributed by atoms with Gasteiger partial charge in [-0.1, -0.05) is 40.2 Å². The molecule has 0 saturated carbocycles. The first-order chi connectivity index (χ1) is 9.58. The maximum Gasteiger partial charge on any atom is 0.316 e. The van der Waals surface area contributed by atoms with Crippen molar-refractivity contribution in [3.8, 4) is 0 Å². The molecule has 0 fully saturated rings. The minimum atomic E-state index is -0.672. The molecule has 2 amide bonds. The van der Waals surface area contributed by atoms with Gasteiger partial charge >= 0.3 is 11.8 Å². The third-order valence-corrected chi connectivity index (χ3v) is 3.22. The van der Waals surface area contributed by atoms with Gasteiger partial charge in [-0.15, -0.1) is 0 Å². The molecule has 2 aromatic rings. The van der Waals surface area contributed by atoms with Crippen LogP contribution in [-0.4, -0.2) is 18.9 Å². The SMILES string of the molecule is CN(C(=O)C(=O)Nc1cccc(Br)c1)c1ccccc1. The molecule has 20 heavy (non-hydrogen) atoms. The second-order valence-corrected chi connectivity index (χ2v) is 5.08. The molecule has 2 aromatic carbocycles. The van der Waals surface area contributed by atoms with Gasteiger partial charge in [-0.25, -0.2) is 0 Å². The molecule has 0 bridgehead atoms. The van der Waals surface area contributed by atoms with Crippen LogP contribution >= 0.6 is 15.9 Å². The number of amides is 2. The summed E-state index contributed by atoms with van der Waals surface area (Å²) in [6, 6.07) is 16.1. The van der Waals surface area contributed by atoms with Crippen molar-refractivity contribution in [2.24, 2.45) is 0 Å². The molecular formula is C15H13BrN2O2. The molecule has 0 aliphatic carbocycles. The molecule has 0 unspecified atom stereocenters. The fourth-order valence-electron chi connectivity index (χ4n) is 1.67. The Morgan fingerprint density at radius 1 is 1.05 bits per heavy atom. The number of halogens is 1. The molecule has 5 heteroatoms. The average Bonchev–Trinajstić information content (AvgIpc) is 2.46. The zero-order valence-corrected chi connectivity index (χ0v) is 12.4. The van der Waals surface area contributed by atoms with Crippen molar-refractivity contribution in [2.45, 2.75) is 0 Å².